The number of methoxy groups -OCH3 is 1. The highest BCUT2D eigenvalue weighted by atomic mass is 35.5. The molecule has 2 rings (SSSR count). The molecule has 0 spiro atoms. The fraction of sp³-hybridized carbons (Fsp3) is 0.533. The highest BCUT2D eigenvalue weighted by molar-refractivity contribution is 7.89. The van der Waals surface area contributed by atoms with Crippen LogP contribution in [0.15, 0.2) is 12.1 Å². The van der Waals surface area contributed by atoms with Crippen LogP contribution in [0.2, 0.25) is 5.02 Å². The van der Waals surface area contributed by atoms with Gasteiger partial charge in [-0.2, -0.15) is 0 Å². The summed E-state index contributed by atoms with van der Waals surface area (Å²) in [5.74, 6) is 0.122. The number of nitrogens with two attached hydrogens (primary N) is 1. The van der Waals surface area contributed by atoms with E-state index in [1.165, 1.54) is 23.5 Å². The largest absolute Gasteiger partial charge is 0.496 e. The molecule has 1 saturated heterocycles. The van der Waals surface area contributed by atoms with Crippen molar-refractivity contribution >= 4 is 45.6 Å². The topological polar surface area (TPSA) is 102 Å². The van der Waals surface area contributed by atoms with Crippen LogP contribution in [0.1, 0.15) is 30.1 Å². The number of hydrogen-bond donors (Lipinski definition) is 2. The predicted molar refractivity (Wildman–Crippen MR) is 101 cm³/mol. The first-order valence-corrected chi connectivity index (χ1v) is 9.69. The molecule has 1 aromatic carbocycles. The van der Waals surface area contributed by atoms with Crippen molar-refractivity contribution in [2.45, 2.75) is 25.8 Å². The van der Waals surface area contributed by atoms with Gasteiger partial charge in [0.25, 0.3) is 5.91 Å². The van der Waals surface area contributed by atoms with Gasteiger partial charge in [0, 0.05) is 25.2 Å². The second kappa shape index (κ2) is 8.93. The Labute approximate surface area is 159 Å². The Hall–Kier alpha value is -1.22. The molecule has 25 heavy (non-hydrogen) atoms. The number of carbonyl (C=O) groups is 1. The minimum atomic E-state index is -3.18. The third-order valence-electron chi connectivity index (χ3n) is 4.11. The van der Waals surface area contributed by atoms with Gasteiger partial charge in [-0.15, -0.1) is 12.4 Å². The zero-order chi connectivity index (χ0) is 17.9. The zero-order valence-electron chi connectivity index (χ0n) is 14.1. The maximum atomic E-state index is 12.5. The molecule has 1 heterocycles. The van der Waals surface area contributed by atoms with Gasteiger partial charge in [-0.25, -0.2) is 12.7 Å². The van der Waals surface area contributed by atoms with Gasteiger partial charge in [0.15, 0.2) is 0 Å². The second-order valence-corrected chi connectivity index (χ2v) is 8.29. The molecule has 1 aliphatic heterocycles. The smallest absolute Gasteiger partial charge is 0.255 e. The lowest BCUT2D eigenvalue weighted by atomic mass is 10.1. The standard InChI is InChI=1S/C15H22ClN3O4S.ClH/c1-3-24(21,22)19-6-4-10(5-7-19)18-15(20)11-8-12(16)13(17)9-14(11)23-2;/h8-10H,3-7,17H2,1-2H3,(H,18,20);1H. The third kappa shape index (κ3) is 5.13. The maximum absolute atomic E-state index is 12.5. The number of halogens is 2. The Morgan fingerprint density at radius 3 is 2.52 bits per heavy atom. The number of nitrogens with one attached hydrogen (secondary N) is 1. The van der Waals surface area contributed by atoms with Crippen LogP contribution in [0.4, 0.5) is 5.69 Å². The zero-order valence-corrected chi connectivity index (χ0v) is 16.5. The summed E-state index contributed by atoms with van der Waals surface area (Å²) in [6.45, 7) is 2.43. The van der Waals surface area contributed by atoms with Crippen LogP contribution in [0.5, 0.6) is 5.75 Å². The molecule has 0 aliphatic carbocycles. The average molecular weight is 412 g/mol. The number of nitrogen functional groups attached to an aromatic ring is 1. The van der Waals surface area contributed by atoms with E-state index in [-0.39, 0.29) is 35.1 Å². The van der Waals surface area contributed by atoms with Crippen LogP contribution in [0.25, 0.3) is 0 Å². The van der Waals surface area contributed by atoms with Gasteiger partial charge in [-0.05, 0) is 25.8 Å². The van der Waals surface area contributed by atoms with Crippen molar-refractivity contribution in [3.8, 4) is 5.75 Å². The molecule has 1 fully saturated rings. The first-order valence-electron chi connectivity index (χ1n) is 7.70. The number of sulfonamides is 1. The number of ether oxygens (including phenoxy) is 1. The molecule has 3 N–H and O–H groups in total. The fourth-order valence-corrected chi connectivity index (χ4v) is 3.94. The summed E-state index contributed by atoms with van der Waals surface area (Å²) in [6, 6.07) is 2.89. The number of hydrogen-bond acceptors (Lipinski definition) is 5. The summed E-state index contributed by atoms with van der Waals surface area (Å²) < 4.78 is 30.4. The Kier molecular flexibility index (Phi) is 7.80. The van der Waals surface area contributed by atoms with Crippen LogP contribution in [-0.4, -0.2) is 50.6 Å². The van der Waals surface area contributed by atoms with E-state index in [2.05, 4.69) is 5.32 Å². The first kappa shape index (κ1) is 21.8. The quantitative estimate of drug-likeness (QED) is 0.720. The SMILES string of the molecule is CCS(=O)(=O)N1CCC(NC(=O)c2cc(Cl)c(N)cc2OC)CC1.Cl. The van der Waals surface area contributed by atoms with Crippen molar-refractivity contribution in [3.63, 3.8) is 0 Å². The summed E-state index contributed by atoms with van der Waals surface area (Å²) in [5, 5.41) is 3.19. The normalized spacial score (nSPS) is 16.1. The average Bonchev–Trinajstić information content (AvgIpc) is 2.57. The number of rotatable bonds is 5. The molecule has 0 aromatic heterocycles. The predicted octanol–water partition coefficient (Wildman–Crippen LogP) is 1.90. The van der Waals surface area contributed by atoms with Crippen molar-refractivity contribution < 1.29 is 17.9 Å². The third-order valence-corrected chi connectivity index (χ3v) is 6.32. The van der Waals surface area contributed by atoms with Gasteiger partial charge in [0.2, 0.25) is 10.0 Å². The van der Waals surface area contributed by atoms with Crippen molar-refractivity contribution in [3.05, 3.63) is 22.7 Å². The molecule has 142 valence electrons. The Bertz CT molecular complexity index is 720. The van der Waals surface area contributed by atoms with Gasteiger partial charge in [-0.1, -0.05) is 11.6 Å². The van der Waals surface area contributed by atoms with E-state index in [1.807, 2.05) is 0 Å². The van der Waals surface area contributed by atoms with Crippen molar-refractivity contribution in [1.29, 1.82) is 0 Å². The van der Waals surface area contributed by atoms with Gasteiger partial charge in [0.05, 0.1) is 29.1 Å². The summed E-state index contributed by atoms with van der Waals surface area (Å²) in [4.78, 5) is 12.5. The minimum Gasteiger partial charge on any atom is -0.496 e. The molecule has 1 aliphatic rings. The lowest BCUT2D eigenvalue weighted by Crippen LogP contribution is -2.46. The Balaban J connectivity index is 0.00000312. The maximum Gasteiger partial charge on any atom is 0.255 e. The van der Waals surface area contributed by atoms with E-state index < -0.39 is 10.0 Å². The molecular formula is C15H23Cl2N3O4S. The van der Waals surface area contributed by atoms with Crippen LogP contribution in [0, 0.1) is 0 Å². The number of amides is 1. The van der Waals surface area contributed by atoms with E-state index in [1.54, 1.807) is 6.92 Å². The molecule has 7 nitrogen and oxygen atoms in total. The van der Waals surface area contributed by atoms with E-state index in [0.717, 1.165) is 0 Å². The van der Waals surface area contributed by atoms with Crippen molar-refractivity contribution in [1.82, 2.24) is 9.62 Å². The van der Waals surface area contributed by atoms with E-state index >= 15 is 0 Å². The second-order valence-electron chi connectivity index (χ2n) is 5.62. The summed E-state index contributed by atoms with van der Waals surface area (Å²) in [6.07, 6.45) is 1.13. The van der Waals surface area contributed by atoms with Crippen molar-refractivity contribution in [2.75, 3.05) is 31.7 Å². The molecule has 1 amide bonds. The Morgan fingerprint density at radius 1 is 1.40 bits per heavy atom. The van der Waals surface area contributed by atoms with Crippen molar-refractivity contribution in [2.24, 2.45) is 0 Å². The number of piperidine rings is 1. The molecule has 1 aromatic rings. The number of nitrogens with zero attached hydrogens (tertiary/aromatic N) is 1. The number of anilines is 1. The van der Waals surface area contributed by atoms with Crippen LogP contribution in [0.3, 0.4) is 0 Å². The molecule has 0 atom stereocenters. The monoisotopic (exact) mass is 411 g/mol. The highest BCUT2D eigenvalue weighted by Gasteiger charge is 2.28. The fourth-order valence-electron chi connectivity index (χ4n) is 2.64. The van der Waals surface area contributed by atoms with Gasteiger partial charge >= 0.3 is 0 Å². The van der Waals surface area contributed by atoms with Gasteiger partial charge in [0.1, 0.15) is 5.75 Å². The van der Waals surface area contributed by atoms with E-state index in [4.69, 9.17) is 22.1 Å². The molecule has 0 radical (unpaired) electrons. The van der Waals surface area contributed by atoms with Crippen LogP contribution < -0.4 is 15.8 Å². The molecular weight excluding hydrogens is 389 g/mol. The summed E-state index contributed by atoms with van der Waals surface area (Å²) >= 11 is 5.98. The highest BCUT2D eigenvalue weighted by Crippen LogP contribution is 2.29. The minimum absolute atomic E-state index is 0. The lowest BCUT2D eigenvalue weighted by Gasteiger charge is -2.31. The number of benzene rings is 1. The molecule has 10 heteroatoms. The van der Waals surface area contributed by atoms with Gasteiger partial charge in [-0.3, -0.25) is 4.79 Å². The van der Waals surface area contributed by atoms with Crippen LogP contribution in [-0.2, 0) is 10.0 Å². The Morgan fingerprint density at radius 2 is 2.00 bits per heavy atom. The lowest BCUT2D eigenvalue weighted by molar-refractivity contribution is 0.0921. The summed E-state index contributed by atoms with van der Waals surface area (Å²) in [7, 11) is -1.73. The first-order chi connectivity index (χ1) is 11.3. The molecule has 0 unspecified atom stereocenters. The number of carbonyl (C=O) groups excluding carboxylic acids is 1. The van der Waals surface area contributed by atoms with E-state index in [0.29, 0.717) is 42.9 Å². The van der Waals surface area contributed by atoms with E-state index in [9.17, 15) is 13.2 Å². The molecule has 0 bridgehead atoms. The molecule has 0 saturated carbocycles. The van der Waals surface area contributed by atoms with Crippen LogP contribution >= 0.6 is 24.0 Å². The van der Waals surface area contributed by atoms with Gasteiger partial charge < -0.3 is 15.8 Å². The summed E-state index contributed by atoms with van der Waals surface area (Å²) in [5.41, 5.74) is 6.35.